The summed E-state index contributed by atoms with van der Waals surface area (Å²) in [6, 6.07) is 130. The molecular weight excluding hydrogens is 1590 g/mol. The highest BCUT2D eigenvalue weighted by Gasteiger charge is 2.21. The van der Waals surface area contributed by atoms with Crippen LogP contribution in [0.5, 0.6) is 0 Å². The summed E-state index contributed by atoms with van der Waals surface area (Å²) in [5, 5.41) is 6.92. The first-order chi connectivity index (χ1) is 56.2. The molecule has 9 heterocycles. The summed E-state index contributed by atoms with van der Waals surface area (Å²) < 4.78 is 9.79. The summed E-state index contributed by atoms with van der Waals surface area (Å²) in [6.07, 6.45) is 5.56. The predicted molar refractivity (Wildman–Crippen MR) is 479 cm³/mol. The molecule has 0 N–H and O–H groups in total. The number of hydrogen-bond acceptors (Lipinski definition) is 7. The van der Waals surface area contributed by atoms with E-state index < -0.39 is 0 Å². The fraction of sp³-hybridized carbons (Fsp3) is 0. The molecule has 21 aromatic rings. The molecule has 0 aliphatic carbocycles. The van der Waals surface area contributed by atoms with E-state index >= 15 is 0 Å². The average Bonchev–Trinajstić information content (AvgIpc) is 1.53. The Kier molecular flexibility index (Phi) is 19.4. The minimum absolute atomic E-state index is 0.682. The van der Waals surface area contributed by atoms with Gasteiger partial charge in [0.15, 0.2) is 5.82 Å². The van der Waals surface area contributed by atoms with Crippen molar-refractivity contribution in [2.75, 3.05) is 0 Å². The van der Waals surface area contributed by atoms with Gasteiger partial charge in [-0.05, 0) is 162 Å². The molecule has 0 aliphatic heterocycles. The molecule has 540 valence electrons. The summed E-state index contributed by atoms with van der Waals surface area (Å²) in [4.78, 5) is 34.5. The maximum absolute atomic E-state index is 5.13. The maximum atomic E-state index is 5.13. The van der Waals surface area contributed by atoms with Gasteiger partial charge in [-0.1, -0.05) is 284 Å². The zero-order valence-electron chi connectivity index (χ0n) is 61.1. The van der Waals surface area contributed by atoms with Crippen molar-refractivity contribution in [1.29, 1.82) is 0 Å². The van der Waals surface area contributed by atoms with Crippen LogP contribution in [0.3, 0.4) is 0 Å². The van der Waals surface area contributed by atoms with Crippen molar-refractivity contribution in [3.05, 3.63) is 408 Å². The van der Waals surface area contributed by atoms with Crippen LogP contribution >= 0.6 is 47.8 Å². The maximum Gasteiger partial charge on any atom is 0.160 e. The van der Waals surface area contributed by atoms with E-state index in [1.54, 1.807) is 0 Å². The second kappa shape index (κ2) is 31.2. The van der Waals surface area contributed by atoms with Crippen LogP contribution in [0.1, 0.15) is 0 Å². The normalized spacial score (nSPS) is 11.3. The van der Waals surface area contributed by atoms with Crippen molar-refractivity contribution >= 4 is 114 Å². The number of halogens is 3. The number of rotatable bonds is 12. The number of fused-ring (bicyclic) bond motifs is 9. The number of nitrogens with zero attached hydrogens (tertiary/aromatic N) is 10. The summed E-state index contributed by atoms with van der Waals surface area (Å²) in [5.41, 5.74) is 26.8. The van der Waals surface area contributed by atoms with Gasteiger partial charge in [0.1, 0.15) is 16.9 Å². The average molecular weight is 1660 g/mol. The lowest BCUT2D eigenvalue weighted by atomic mass is 9.99. The number of benzene rings is 12. The Balaban J connectivity index is 0.000000115. The molecule has 0 spiro atoms. The second-order valence-electron chi connectivity index (χ2n) is 27.7. The summed E-state index contributed by atoms with van der Waals surface area (Å²) in [7, 11) is 0. The highest BCUT2D eigenvalue weighted by Crippen LogP contribution is 2.41. The molecule has 0 saturated heterocycles. The molecule has 0 fully saturated rings. The van der Waals surface area contributed by atoms with Crippen molar-refractivity contribution in [1.82, 2.24) is 48.6 Å². The fourth-order valence-corrected chi connectivity index (χ4v) is 16.2. The summed E-state index contributed by atoms with van der Waals surface area (Å²) in [5.74, 6) is 0.682. The zero-order chi connectivity index (χ0) is 76.4. The molecule has 10 nitrogen and oxygen atoms in total. The molecule has 0 atom stereocenters. The molecule has 0 bridgehead atoms. The molecular formula is C101H65Br3N10. The van der Waals surface area contributed by atoms with Crippen molar-refractivity contribution in [3.8, 4) is 118 Å². The molecule has 114 heavy (non-hydrogen) atoms. The van der Waals surface area contributed by atoms with E-state index in [-0.39, 0.29) is 0 Å². The Morgan fingerprint density at radius 2 is 0.465 bits per heavy atom. The zero-order valence-corrected chi connectivity index (χ0v) is 65.9. The van der Waals surface area contributed by atoms with Crippen LogP contribution in [0.25, 0.3) is 184 Å². The Hall–Kier alpha value is -13.7. The van der Waals surface area contributed by atoms with Gasteiger partial charge < -0.3 is 0 Å². The molecule has 0 unspecified atom stereocenters. The standard InChI is InChI=1S/2C34H22BrN3.C33H21BrN4/c35-27-16-17-29-30-15-8-18-36-34(30)38(33(29)22-27)28-14-7-13-25(19-28)26-20-31(23-9-3-1-4-10-23)37-32(21-26)24-11-5-2-6-12-24;35-27-16-17-29-30-15-8-18-36-34(30)38(33(29)22-27)28-14-7-13-25(19-28)32-21-26(23-9-3-1-4-10-23)20-31(37-32)24-11-5-2-6-12-24;34-25-16-17-27-28-15-8-18-35-33(28)38(31(27)20-25)26-14-7-13-24(19-26)32-36-29(22-9-3-1-4-10-22)21-30(37-32)23-11-5-2-6-12-23/h2*1-22H;1-21H. The molecule has 9 aromatic heterocycles. The Labute approximate surface area is 683 Å². The molecule has 0 radical (unpaired) electrons. The topological polar surface area (TPSA) is 105 Å². The molecule has 0 aliphatic rings. The molecule has 13 heteroatoms. The smallest absolute Gasteiger partial charge is 0.160 e. The largest absolute Gasteiger partial charge is 0.294 e. The van der Waals surface area contributed by atoms with E-state index in [1.165, 1.54) is 16.3 Å². The van der Waals surface area contributed by atoms with Gasteiger partial charge in [-0.2, -0.15) is 0 Å². The van der Waals surface area contributed by atoms with Crippen LogP contribution < -0.4 is 0 Å². The number of pyridine rings is 5. The molecule has 12 aromatic carbocycles. The van der Waals surface area contributed by atoms with E-state index in [2.05, 4.69) is 359 Å². The third-order valence-electron chi connectivity index (χ3n) is 20.5. The van der Waals surface area contributed by atoms with Crippen molar-refractivity contribution in [2.45, 2.75) is 0 Å². The predicted octanol–water partition coefficient (Wildman–Crippen LogP) is 27.4. The first-order valence-electron chi connectivity index (χ1n) is 37.5. The van der Waals surface area contributed by atoms with Crippen LogP contribution in [-0.2, 0) is 0 Å². The van der Waals surface area contributed by atoms with Gasteiger partial charge >= 0.3 is 0 Å². The minimum atomic E-state index is 0.682. The van der Waals surface area contributed by atoms with Crippen LogP contribution in [0, 0.1) is 0 Å². The van der Waals surface area contributed by atoms with Crippen LogP contribution in [0.15, 0.2) is 408 Å². The quantitative estimate of drug-likeness (QED) is 0.120. The highest BCUT2D eigenvalue weighted by atomic mass is 79.9. The van der Waals surface area contributed by atoms with Crippen molar-refractivity contribution < 1.29 is 0 Å². The molecule has 21 rings (SSSR count). The first kappa shape index (κ1) is 70.7. The van der Waals surface area contributed by atoms with Gasteiger partial charge in [-0.3, -0.25) is 13.7 Å². The second-order valence-corrected chi connectivity index (χ2v) is 30.4. The third kappa shape index (κ3) is 14.2. The highest BCUT2D eigenvalue weighted by molar-refractivity contribution is 9.11. The lowest BCUT2D eigenvalue weighted by Crippen LogP contribution is -1.98. The third-order valence-corrected chi connectivity index (χ3v) is 22.0. The summed E-state index contributed by atoms with van der Waals surface area (Å²) in [6.45, 7) is 0. The number of aromatic nitrogens is 10. The SMILES string of the molecule is Brc1ccc2c3cccnc3n(-c3cccc(-c4cc(-c5ccccc5)cc(-c5ccccc5)n4)c3)c2c1.Brc1ccc2c3cccnc3n(-c3cccc(-c4cc(-c5ccccc5)nc(-c5ccccc5)c4)c3)c2c1.Brc1ccc2c3cccnc3n(-c3cccc(-c4nc(-c5ccccc5)cc(-c5ccccc5)n4)c3)c2c1. The van der Waals surface area contributed by atoms with Crippen molar-refractivity contribution in [3.63, 3.8) is 0 Å². The Bertz CT molecular complexity index is 6290. The molecule has 0 saturated carbocycles. The lowest BCUT2D eigenvalue weighted by Gasteiger charge is -2.13. The van der Waals surface area contributed by atoms with Crippen molar-refractivity contribution in [2.24, 2.45) is 0 Å². The monoisotopic (exact) mass is 1650 g/mol. The van der Waals surface area contributed by atoms with E-state index in [1.807, 2.05) is 97.5 Å². The Morgan fingerprint density at radius 1 is 0.184 bits per heavy atom. The van der Waals surface area contributed by atoms with Gasteiger partial charge in [-0.15, -0.1) is 0 Å². The minimum Gasteiger partial charge on any atom is -0.294 e. The lowest BCUT2D eigenvalue weighted by molar-refractivity contribution is 1.13. The van der Waals surface area contributed by atoms with Gasteiger partial charge in [0.05, 0.1) is 50.7 Å². The Morgan fingerprint density at radius 3 is 0.825 bits per heavy atom. The van der Waals surface area contributed by atoms with Crippen LogP contribution in [-0.4, -0.2) is 48.6 Å². The van der Waals surface area contributed by atoms with Gasteiger partial charge in [-0.25, -0.2) is 34.9 Å². The van der Waals surface area contributed by atoms with E-state index in [0.29, 0.717) is 5.82 Å². The first-order valence-corrected chi connectivity index (χ1v) is 39.8. The van der Waals surface area contributed by atoms with Gasteiger partial charge in [0, 0.05) is 120 Å². The van der Waals surface area contributed by atoms with Gasteiger partial charge in [0.25, 0.3) is 0 Å². The van der Waals surface area contributed by atoms with Crippen LogP contribution in [0.4, 0.5) is 0 Å². The van der Waals surface area contributed by atoms with E-state index in [0.717, 1.165) is 175 Å². The van der Waals surface area contributed by atoms with Gasteiger partial charge in [0.2, 0.25) is 0 Å². The van der Waals surface area contributed by atoms with E-state index in [9.17, 15) is 0 Å². The summed E-state index contributed by atoms with van der Waals surface area (Å²) >= 11 is 11.0. The fourth-order valence-electron chi connectivity index (χ4n) is 15.2. The number of hydrogen-bond donors (Lipinski definition) is 0. The van der Waals surface area contributed by atoms with E-state index in [4.69, 9.17) is 34.9 Å². The molecule has 0 amide bonds. The van der Waals surface area contributed by atoms with Crippen LogP contribution in [0.2, 0.25) is 0 Å².